The fourth-order valence-electron chi connectivity index (χ4n) is 1.13. The Kier molecular flexibility index (Phi) is 3.71. The minimum Gasteiger partial charge on any atom is -0.497 e. The van der Waals surface area contributed by atoms with Gasteiger partial charge in [-0.15, -0.1) is 0 Å². The fraction of sp³-hybridized carbons (Fsp3) is 0.400. The van der Waals surface area contributed by atoms with E-state index in [9.17, 15) is 8.42 Å². The van der Waals surface area contributed by atoms with E-state index in [1.807, 2.05) is 0 Å². The smallest absolute Gasteiger partial charge is 0.240 e. The van der Waals surface area contributed by atoms with Crippen LogP contribution in [0, 0.1) is 0 Å². The third-order valence-electron chi connectivity index (χ3n) is 1.76. The van der Waals surface area contributed by atoms with Crippen LogP contribution in [0.1, 0.15) is 13.8 Å². The fourth-order valence-corrected chi connectivity index (χ4v) is 2.38. The zero-order valence-electron chi connectivity index (χ0n) is 9.02. The Balaban J connectivity index is 2.96. The molecule has 0 bridgehead atoms. The molecule has 0 radical (unpaired) electrons. The number of benzene rings is 1. The van der Waals surface area contributed by atoms with Gasteiger partial charge in [-0.1, -0.05) is 0 Å². The van der Waals surface area contributed by atoms with Crippen LogP contribution in [0.5, 0.6) is 5.75 Å². The first-order valence-corrected chi connectivity index (χ1v) is 6.10. The van der Waals surface area contributed by atoms with E-state index in [1.165, 1.54) is 19.2 Å². The zero-order chi connectivity index (χ0) is 11.5. The van der Waals surface area contributed by atoms with Gasteiger partial charge in [-0.3, -0.25) is 0 Å². The quantitative estimate of drug-likeness (QED) is 0.848. The second-order valence-electron chi connectivity index (χ2n) is 3.45. The van der Waals surface area contributed by atoms with E-state index in [1.54, 1.807) is 26.0 Å². The average Bonchev–Trinajstić information content (AvgIpc) is 2.16. The van der Waals surface area contributed by atoms with Gasteiger partial charge in [-0.05, 0) is 38.1 Å². The number of methoxy groups -OCH3 is 1. The van der Waals surface area contributed by atoms with Crippen molar-refractivity contribution in [1.82, 2.24) is 4.72 Å². The van der Waals surface area contributed by atoms with Crippen molar-refractivity contribution >= 4 is 10.0 Å². The standard InChI is InChI=1S/C10H15NO3S/c1-8(2)11-15(12,13)10-6-4-9(14-3)5-7-10/h4-8,11H,1-3H3. The molecule has 1 aromatic rings. The molecule has 0 saturated heterocycles. The van der Waals surface area contributed by atoms with Crippen molar-refractivity contribution in [2.45, 2.75) is 24.8 Å². The number of nitrogens with one attached hydrogen (secondary N) is 1. The molecule has 4 nitrogen and oxygen atoms in total. The monoisotopic (exact) mass is 229 g/mol. The van der Waals surface area contributed by atoms with Gasteiger partial charge in [0.25, 0.3) is 0 Å². The van der Waals surface area contributed by atoms with Gasteiger partial charge in [0.2, 0.25) is 10.0 Å². The molecule has 1 rings (SSSR count). The predicted molar refractivity (Wildman–Crippen MR) is 58.5 cm³/mol. The summed E-state index contributed by atoms with van der Waals surface area (Å²) >= 11 is 0. The number of hydrogen-bond acceptors (Lipinski definition) is 3. The molecule has 0 aliphatic rings. The second-order valence-corrected chi connectivity index (χ2v) is 5.17. The Labute approximate surface area is 90.3 Å². The molecule has 15 heavy (non-hydrogen) atoms. The third kappa shape index (κ3) is 3.21. The molecule has 0 heterocycles. The zero-order valence-corrected chi connectivity index (χ0v) is 9.84. The lowest BCUT2D eigenvalue weighted by atomic mass is 10.3. The van der Waals surface area contributed by atoms with Gasteiger partial charge in [-0.2, -0.15) is 0 Å². The number of sulfonamides is 1. The molecular formula is C10H15NO3S. The summed E-state index contributed by atoms with van der Waals surface area (Å²) in [6.07, 6.45) is 0. The van der Waals surface area contributed by atoms with Crippen molar-refractivity contribution in [2.75, 3.05) is 7.11 Å². The number of rotatable bonds is 4. The lowest BCUT2D eigenvalue weighted by molar-refractivity contribution is 0.414. The molecule has 0 saturated carbocycles. The first kappa shape index (κ1) is 12.0. The van der Waals surface area contributed by atoms with Crippen LogP contribution in [0.25, 0.3) is 0 Å². The lowest BCUT2D eigenvalue weighted by Crippen LogP contribution is -2.30. The highest BCUT2D eigenvalue weighted by Crippen LogP contribution is 2.15. The highest BCUT2D eigenvalue weighted by Gasteiger charge is 2.14. The van der Waals surface area contributed by atoms with Crippen molar-refractivity contribution in [3.8, 4) is 5.75 Å². The highest BCUT2D eigenvalue weighted by atomic mass is 32.2. The lowest BCUT2D eigenvalue weighted by Gasteiger charge is -2.09. The van der Waals surface area contributed by atoms with Crippen LogP contribution in [0.2, 0.25) is 0 Å². The van der Waals surface area contributed by atoms with Crippen LogP contribution < -0.4 is 9.46 Å². The van der Waals surface area contributed by atoms with Gasteiger partial charge in [0, 0.05) is 6.04 Å². The summed E-state index contributed by atoms with van der Waals surface area (Å²) in [6, 6.07) is 6.16. The molecule has 0 spiro atoms. The van der Waals surface area contributed by atoms with Gasteiger partial charge >= 0.3 is 0 Å². The molecule has 0 aromatic heterocycles. The van der Waals surface area contributed by atoms with Crippen LogP contribution in [-0.2, 0) is 10.0 Å². The number of ether oxygens (including phenoxy) is 1. The van der Waals surface area contributed by atoms with Gasteiger partial charge in [0.1, 0.15) is 5.75 Å². The first-order valence-electron chi connectivity index (χ1n) is 4.62. The van der Waals surface area contributed by atoms with E-state index >= 15 is 0 Å². The molecule has 0 fully saturated rings. The van der Waals surface area contributed by atoms with Crippen LogP contribution in [0.15, 0.2) is 29.2 Å². The van der Waals surface area contributed by atoms with E-state index in [4.69, 9.17) is 4.74 Å². The van der Waals surface area contributed by atoms with Gasteiger partial charge in [0.05, 0.1) is 12.0 Å². The minimum absolute atomic E-state index is 0.114. The topological polar surface area (TPSA) is 55.4 Å². The summed E-state index contributed by atoms with van der Waals surface area (Å²) < 4.78 is 30.8. The molecular weight excluding hydrogens is 214 g/mol. The normalized spacial score (nSPS) is 11.7. The maximum Gasteiger partial charge on any atom is 0.240 e. The maximum atomic E-state index is 11.7. The average molecular weight is 229 g/mol. The minimum atomic E-state index is -3.39. The van der Waals surface area contributed by atoms with Crippen LogP contribution in [0.4, 0.5) is 0 Å². The van der Waals surface area contributed by atoms with E-state index < -0.39 is 10.0 Å². The Morgan fingerprint density at radius 3 is 2.13 bits per heavy atom. The molecule has 0 amide bonds. The summed E-state index contributed by atoms with van der Waals surface area (Å²) in [7, 11) is -1.85. The summed E-state index contributed by atoms with van der Waals surface area (Å²) in [5, 5.41) is 0. The Morgan fingerprint density at radius 2 is 1.73 bits per heavy atom. The largest absolute Gasteiger partial charge is 0.497 e. The summed E-state index contributed by atoms with van der Waals surface area (Å²) in [5.74, 6) is 0.637. The van der Waals surface area contributed by atoms with E-state index in [0.29, 0.717) is 5.75 Å². The molecule has 0 aliphatic carbocycles. The number of hydrogen-bond donors (Lipinski definition) is 1. The van der Waals surface area contributed by atoms with Crippen molar-refractivity contribution < 1.29 is 13.2 Å². The summed E-state index contributed by atoms with van der Waals surface area (Å²) in [4.78, 5) is 0.247. The molecule has 0 atom stereocenters. The predicted octanol–water partition coefficient (Wildman–Crippen LogP) is 1.38. The van der Waals surface area contributed by atoms with Crippen LogP contribution in [0.3, 0.4) is 0 Å². The van der Waals surface area contributed by atoms with Crippen LogP contribution in [-0.4, -0.2) is 21.6 Å². The second kappa shape index (κ2) is 4.63. The summed E-state index contributed by atoms with van der Waals surface area (Å²) in [6.45, 7) is 3.56. The van der Waals surface area contributed by atoms with Gasteiger partial charge in [0.15, 0.2) is 0 Å². The first-order chi connectivity index (χ1) is 6.95. The molecule has 1 aromatic carbocycles. The van der Waals surface area contributed by atoms with Gasteiger partial charge < -0.3 is 4.74 Å². The molecule has 84 valence electrons. The van der Waals surface area contributed by atoms with E-state index in [0.717, 1.165) is 0 Å². The maximum absolute atomic E-state index is 11.7. The highest BCUT2D eigenvalue weighted by molar-refractivity contribution is 7.89. The van der Waals surface area contributed by atoms with Gasteiger partial charge in [-0.25, -0.2) is 13.1 Å². The van der Waals surface area contributed by atoms with Crippen LogP contribution >= 0.6 is 0 Å². The molecule has 0 aliphatic heterocycles. The SMILES string of the molecule is COc1ccc(S(=O)(=O)NC(C)C)cc1. The summed E-state index contributed by atoms with van der Waals surface area (Å²) in [5.41, 5.74) is 0. The molecule has 0 unspecified atom stereocenters. The van der Waals surface area contributed by atoms with E-state index in [-0.39, 0.29) is 10.9 Å². The van der Waals surface area contributed by atoms with Crippen molar-refractivity contribution in [1.29, 1.82) is 0 Å². The van der Waals surface area contributed by atoms with Crippen molar-refractivity contribution in [3.63, 3.8) is 0 Å². The Bertz CT molecular complexity index is 409. The third-order valence-corrected chi connectivity index (χ3v) is 3.44. The molecule has 1 N–H and O–H groups in total. The van der Waals surface area contributed by atoms with Crippen molar-refractivity contribution in [2.24, 2.45) is 0 Å². The Hall–Kier alpha value is -1.07. The molecule has 5 heteroatoms. The van der Waals surface area contributed by atoms with Crippen molar-refractivity contribution in [3.05, 3.63) is 24.3 Å². The van der Waals surface area contributed by atoms with E-state index in [2.05, 4.69) is 4.72 Å². The Morgan fingerprint density at radius 1 is 1.20 bits per heavy atom.